The lowest BCUT2D eigenvalue weighted by Gasteiger charge is -2.38. The Morgan fingerprint density at radius 2 is 1.76 bits per heavy atom. The minimum Gasteiger partial charge on any atom is -0.621 e. The molecule has 0 bridgehead atoms. The van der Waals surface area contributed by atoms with E-state index in [2.05, 4.69) is 0 Å². The fourth-order valence-corrected chi connectivity index (χ4v) is 4.52. The van der Waals surface area contributed by atoms with Crippen molar-refractivity contribution in [2.75, 3.05) is 14.2 Å². The van der Waals surface area contributed by atoms with Gasteiger partial charge in [0, 0.05) is 24.5 Å². The molecule has 2 aliphatic rings. The number of benzene rings is 2. The normalized spacial score (nSPS) is 18.4. The fourth-order valence-electron chi connectivity index (χ4n) is 4.52. The van der Waals surface area contributed by atoms with Crippen LogP contribution in [0.4, 0.5) is 0 Å². The molecular weight excluding hydrogens is 368 g/mol. The molecule has 0 unspecified atom stereocenters. The van der Waals surface area contributed by atoms with Crippen LogP contribution in [0.2, 0.25) is 0 Å². The molecule has 0 aromatic heterocycles. The minimum atomic E-state index is -0.828. The molecule has 1 fully saturated rings. The Morgan fingerprint density at radius 1 is 1.03 bits per heavy atom. The maximum absolute atomic E-state index is 13.5. The maximum atomic E-state index is 13.5. The van der Waals surface area contributed by atoms with Crippen molar-refractivity contribution < 1.29 is 19.0 Å². The molecule has 6 nitrogen and oxygen atoms in total. The number of carbonyl (C=O) groups is 1. The lowest BCUT2D eigenvalue weighted by molar-refractivity contribution is -0.573. The van der Waals surface area contributed by atoms with Crippen LogP contribution in [-0.2, 0) is 11.3 Å². The number of nitrogens with zero attached hydrogens (tertiary/aromatic N) is 2. The highest BCUT2D eigenvalue weighted by atomic mass is 16.5. The summed E-state index contributed by atoms with van der Waals surface area (Å²) >= 11 is 0. The molecule has 6 heteroatoms. The topological polar surface area (TPSA) is 64.8 Å². The first-order valence-electron chi connectivity index (χ1n) is 10.0. The van der Waals surface area contributed by atoms with E-state index in [1.165, 1.54) is 0 Å². The molecule has 0 saturated heterocycles. The van der Waals surface area contributed by atoms with Gasteiger partial charge in [-0.1, -0.05) is 24.6 Å². The Kier molecular flexibility index (Phi) is 5.18. The SMILES string of the molecule is COc1ccc(CN2C(=O)C(c3ccccc3)=[N+]([O-])C23CCCCC3)c(OC)c1. The average Bonchev–Trinajstić information content (AvgIpc) is 2.96. The van der Waals surface area contributed by atoms with Gasteiger partial charge in [0.25, 0.3) is 11.4 Å². The van der Waals surface area contributed by atoms with Crippen LogP contribution in [0.1, 0.15) is 43.2 Å². The molecule has 1 heterocycles. The van der Waals surface area contributed by atoms with Crippen LogP contribution >= 0.6 is 0 Å². The van der Waals surface area contributed by atoms with Gasteiger partial charge in [0.15, 0.2) is 0 Å². The van der Waals surface area contributed by atoms with Gasteiger partial charge in [-0.3, -0.25) is 9.69 Å². The highest BCUT2D eigenvalue weighted by Gasteiger charge is 2.57. The second kappa shape index (κ2) is 7.78. The molecular formula is C23H26N2O4. The quantitative estimate of drug-likeness (QED) is 0.573. The monoisotopic (exact) mass is 394 g/mol. The van der Waals surface area contributed by atoms with Gasteiger partial charge in [0.2, 0.25) is 0 Å². The number of methoxy groups -OCH3 is 2. The zero-order valence-corrected chi connectivity index (χ0v) is 16.9. The molecule has 29 heavy (non-hydrogen) atoms. The highest BCUT2D eigenvalue weighted by Crippen LogP contribution is 2.40. The number of hydrogen-bond acceptors (Lipinski definition) is 4. The van der Waals surface area contributed by atoms with Gasteiger partial charge < -0.3 is 14.7 Å². The first-order chi connectivity index (χ1) is 14.1. The number of rotatable bonds is 5. The van der Waals surface area contributed by atoms with E-state index in [-0.39, 0.29) is 11.6 Å². The van der Waals surface area contributed by atoms with Crippen LogP contribution in [0.5, 0.6) is 11.5 Å². The molecule has 1 aliphatic carbocycles. The van der Waals surface area contributed by atoms with Crippen molar-refractivity contribution in [3.8, 4) is 11.5 Å². The van der Waals surface area contributed by atoms with E-state index in [1.807, 2.05) is 42.5 Å². The van der Waals surface area contributed by atoms with E-state index in [9.17, 15) is 10.0 Å². The summed E-state index contributed by atoms with van der Waals surface area (Å²) in [6.45, 7) is 0.321. The third kappa shape index (κ3) is 3.22. The third-order valence-corrected chi connectivity index (χ3v) is 6.06. The summed E-state index contributed by atoms with van der Waals surface area (Å²) in [7, 11) is 3.20. The van der Waals surface area contributed by atoms with Gasteiger partial charge in [-0.15, -0.1) is 0 Å². The van der Waals surface area contributed by atoms with E-state index >= 15 is 0 Å². The predicted molar refractivity (Wildman–Crippen MR) is 110 cm³/mol. The zero-order valence-electron chi connectivity index (χ0n) is 16.9. The van der Waals surface area contributed by atoms with Crippen molar-refractivity contribution >= 4 is 11.6 Å². The van der Waals surface area contributed by atoms with Gasteiger partial charge in [-0.2, -0.15) is 4.74 Å². The Balaban J connectivity index is 1.76. The van der Waals surface area contributed by atoms with Crippen molar-refractivity contribution in [3.63, 3.8) is 0 Å². The van der Waals surface area contributed by atoms with Crippen LogP contribution in [0.15, 0.2) is 48.5 Å². The van der Waals surface area contributed by atoms with Gasteiger partial charge >= 0.3 is 5.91 Å². The molecule has 1 spiro atoms. The summed E-state index contributed by atoms with van der Waals surface area (Å²) in [5, 5.41) is 13.5. The number of amides is 1. The van der Waals surface area contributed by atoms with Crippen LogP contribution < -0.4 is 9.47 Å². The molecule has 1 saturated carbocycles. The van der Waals surface area contributed by atoms with E-state index in [0.29, 0.717) is 36.4 Å². The smallest absolute Gasteiger partial charge is 0.325 e. The van der Waals surface area contributed by atoms with Crippen molar-refractivity contribution in [1.29, 1.82) is 0 Å². The van der Waals surface area contributed by atoms with E-state index in [0.717, 1.165) is 29.6 Å². The largest absolute Gasteiger partial charge is 0.621 e. The third-order valence-electron chi connectivity index (χ3n) is 6.06. The summed E-state index contributed by atoms with van der Waals surface area (Å²) < 4.78 is 11.8. The van der Waals surface area contributed by atoms with Gasteiger partial charge in [-0.25, -0.2) is 0 Å². The standard InChI is InChI=1S/C23H26N2O4/c1-28-19-12-11-18(20(15-19)29-2)16-24-22(26)21(17-9-5-3-6-10-17)25(27)23(24)13-7-4-8-14-23/h3,5-6,9-12,15H,4,7-8,13-14,16H2,1-2H3. The van der Waals surface area contributed by atoms with Crippen molar-refractivity contribution in [2.45, 2.75) is 44.3 Å². The van der Waals surface area contributed by atoms with Crippen LogP contribution in [0.25, 0.3) is 0 Å². The van der Waals surface area contributed by atoms with Crippen LogP contribution in [-0.4, -0.2) is 41.1 Å². The Labute approximate surface area is 170 Å². The molecule has 2 aromatic rings. The minimum absolute atomic E-state index is 0.217. The molecule has 0 radical (unpaired) electrons. The average molecular weight is 394 g/mol. The second-order valence-corrected chi connectivity index (χ2v) is 7.62. The van der Waals surface area contributed by atoms with Crippen LogP contribution in [0.3, 0.4) is 0 Å². The first-order valence-corrected chi connectivity index (χ1v) is 10.0. The maximum Gasteiger partial charge on any atom is 0.325 e. The predicted octanol–water partition coefficient (Wildman–Crippen LogP) is 3.71. The highest BCUT2D eigenvalue weighted by molar-refractivity contribution is 6.44. The molecule has 4 rings (SSSR count). The molecule has 0 atom stereocenters. The number of hydrogen-bond donors (Lipinski definition) is 0. The fraction of sp³-hybridized carbons (Fsp3) is 0.391. The first kappa shape index (κ1) is 19.3. The second-order valence-electron chi connectivity index (χ2n) is 7.62. The molecule has 0 N–H and O–H groups in total. The van der Waals surface area contributed by atoms with E-state index < -0.39 is 5.66 Å². The van der Waals surface area contributed by atoms with E-state index in [4.69, 9.17) is 9.47 Å². The Morgan fingerprint density at radius 3 is 2.41 bits per heavy atom. The van der Waals surface area contributed by atoms with Crippen molar-refractivity contribution in [3.05, 3.63) is 64.9 Å². The van der Waals surface area contributed by atoms with Gasteiger partial charge in [-0.05, 0) is 37.1 Å². The lowest BCUT2D eigenvalue weighted by Crippen LogP contribution is -2.52. The van der Waals surface area contributed by atoms with Gasteiger partial charge in [0.1, 0.15) is 11.5 Å². The van der Waals surface area contributed by atoms with Gasteiger partial charge in [0.05, 0.1) is 26.3 Å². The molecule has 1 amide bonds. The molecule has 152 valence electrons. The van der Waals surface area contributed by atoms with Crippen molar-refractivity contribution in [1.82, 2.24) is 4.90 Å². The number of hydroxylamine groups is 1. The van der Waals surface area contributed by atoms with Crippen LogP contribution in [0, 0.1) is 5.21 Å². The summed E-state index contributed by atoms with van der Waals surface area (Å²) in [5.41, 5.74) is 0.932. The summed E-state index contributed by atoms with van der Waals surface area (Å²) in [5.74, 6) is 1.12. The summed E-state index contributed by atoms with van der Waals surface area (Å²) in [6, 6.07) is 14.8. The van der Waals surface area contributed by atoms with Crippen molar-refractivity contribution in [2.24, 2.45) is 0 Å². The number of carbonyl (C=O) groups excluding carboxylic acids is 1. The molecule has 2 aromatic carbocycles. The number of ether oxygens (including phenoxy) is 2. The Hall–Kier alpha value is -3.02. The zero-order chi connectivity index (χ0) is 20.4. The molecule has 1 aliphatic heterocycles. The Bertz CT molecular complexity index is 933. The summed E-state index contributed by atoms with van der Waals surface area (Å²) in [4.78, 5) is 15.3. The van der Waals surface area contributed by atoms with E-state index in [1.54, 1.807) is 25.2 Å². The summed E-state index contributed by atoms with van der Waals surface area (Å²) in [6.07, 6.45) is 4.31. The lowest BCUT2D eigenvalue weighted by atomic mass is 9.88.